The summed E-state index contributed by atoms with van der Waals surface area (Å²) >= 11 is -0.427. The molecule has 116 valence electrons. The third-order valence-electron chi connectivity index (χ3n) is 5.06. The first kappa shape index (κ1) is 19.5. The molecule has 0 radical (unpaired) electrons. The van der Waals surface area contributed by atoms with Crippen LogP contribution in [0.5, 0.6) is 0 Å². The number of allylic oxidation sites excluding steroid dienone is 8. The summed E-state index contributed by atoms with van der Waals surface area (Å²) in [6.07, 6.45) is 23.2. The van der Waals surface area contributed by atoms with Crippen molar-refractivity contribution in [1.29, 1.82) is 0 Å². The van der Waals surface area contributed by atoms with Crippen LogP contribution in [0.1, 0.15) is 58.3 Å². The van der Waals surface area contributed by atoms with Gasteiger partial charge in [0.2, 0.25) is 0 Å². The molecule has 1 fully saturated rings. The van der Waals surface area contributed by atoms with E-state index >= 15 is 0 Å². The van der Waals surface area contributed by atoms with Gasteiger partial charge < -0.3 is 0 Å². The average molecular weight is 405 g/mol. The Morgan fingerprint density at radius 2 is 1.81 bits per heavy atom. The average Bonchev–Trinajstić information content (AvgIpc) is 3.12. The van der Waals surface area contributed by atoms with E-state index in [9.17, 15) is 0 Å². The van der Waals surface area contributed by atoms with E-state index in [2.05, 4.69) is 37.3 Å². The zero-order valence-electron chi connectivity index (χ0n) is 12.9. The maximum absolute atomic E-state index is 2.63. The molecule has 21 heavy (non-hydrogen) atoms. The van der Waals surface area contributed by atoms with E-state index in [0.717, 1.165) is 0 Å². The Hall–Kier alpha value is 0.423. The van der Waals surface area contributed by atoms with E-state index in [0.29, 0.717) is 5.41 Å². The van der Waals surface area contributed by atoms with Gasteiger partial charge >= 0.3 is 129 Å². The van der Waals surface area contributed by atoms with E-state index in [1.54, 1.807) is 8.85 Å². The topological polar surface area (TPSA) is 0 Å². The van der Waals surface area contributed by atoms with Gasteiger partial charge in [-0.25, -0.2) is 0 Å². The number of hydrogen-bond donors (Lipinski definition) is 0. The van der Waals surface area contributed by atoms with Crippen molar-refractivity contribution in [1.82, 2.24) is 0 Å². The van der Waals surface area contributed by atoms with Crippen LogP contribution in [0.3, 0.4) is 0 Å². The fourth-order valence-electron chi connectivity index (χ4n) is 3.80. The maximum atomic E-state index is 2.63. The predicted molar refractivity (Wildman–Crippen MR) is 92.9 cm³/mol. The Morgan fingerprint density at radius 3 is 2.43 bits per heavy atom. The van der Waals surface area contributed by atoms with Crippen LogP contribution >= 0.6 is 24.8 Å². The van der Waals surface area contributed by atoms with Crippen LogP contribution in [-0.2, 0) is 23.2 Å². The molecule has 0 atom stereocenters. The molecule has 0 aromatic carbocycles. The SMILES string of the molecule is CCC1(C2=CC[C]([Zr][C]3=CC=CC3)=C2)CCCCC1.Cl.Cl. The minimum Gasteiger partial charge on any atom is -0.147 e. The second-order valence-corrected chi connectivity index (χ2v) is 9.95. The van der Waals surface area contributed by atoms with Crippen LogP contribution in [0, 0.1) is 5.41 Å². The van der Waals surface area contributed by atoms with Crippen molar-refractivity contribution in [3.05, 3.63) is 42.5 Å². The summed E-state index contributed by atoms with van der Waals surface area (Å²) in [5, 5.41) is 0. The van der Waals surface area contributed by atoms with Gasteiger partial charge in [-0.1, -0.05) is 0 Å². The summed E-state index contributed by atoms with van der Waals surface area (Å²) in [6.45, 7) is 2.40. The van der Waals surface area contributed by atoms with Crippen molar-refractivity contribution >= 4 is 24.8 Å². The molecule has 0 amide bonds. The normalized spacial score (nSPS) is 22.6. The van der Waals surface area contributed by atoms with Crippen LogP contribution in [0.4, 0.5) is 0 Å². The Bertz CT molecular complexity index is 466. The van der Waals surface area contributed by atoms with Crippen molar-refractivity contribution in [3.8, 4) is 0 Å². The molecule has 0 aromatic heterocycles. The first-order valence-electron chi connectivity index (χ1n) is 7.86. The molecule has 3 aliphatic carbocycles. The molecule has 3 aliphatic rings. The van der Waals surface area contributed by atoms with E-state index in [1.165, 1.54) is 51.4 Å². The zero-order chi connectivity index (χ0) is 13.1. The Kier molecular flexibility index (Phi) is 8.25. The molecule has 0 N–H and O–H groups in total. The molecule has 0 spiro atoms. The van der Waals surface area contributed by atoms with Crippen LogP contribution < -0.4 is 0 Å². The van der Waals surface area contributed by atoms with Crippen molar-refractivity contribution < 1.29 is 23.2 Å². The Balaban J connectivity index is 0.00000110. The standard InChI is InChI=1S/C13H19.C5H5.2ClH.Zr/c1-2-13(10-6-3-7-11-13)12-8-4-5-9-12;1-2-4-5-3-1;;;/h8-9H,2-4,6-7,10-11H2,1H3;1-3H,4H2;2*1H;. The number of rotatable bonds is 4. The monoisotopic (exact) mass is 402 g/mol. The van der Waals surface area contributed by atoms with E-state index in [4.69, 9.17) is 0 Å². The van der Waals surface area contributed by atoms with Crippen molar-refractivity contribution in [2.24, 2.45) is 5.41 Å². The van der Waals surface area contributed by atoms with Crippen molar-refractivity contribution in [3.63, 3.8) is 0 Å². The molecule has 3 rings (SSSR count). The number of halogens is 2. The smallest absolute Gasteiger partial charge is 0.147 e. The van der Waals surface area contributed by atoms with Gasteiger partial charge in [0.05, 0.1) is 0 Å². The van der Waals surface area contributed by atoms with E-state index in [-0.39, 0.29) is 24.8 Å². The van der Waals surface area contributed by atoms with Gasteiger partial charge in [0.15, 0.2) is 0 Å². The summed E-state index contributed by atoms with van der Waals surface area (Å²) < 4.78 is 3.57. The first-order valence-corrected chi connectivity index (χ1v) is 10.3. The Labute approximate surface area is 153 Å². The first-order chi connectivity index (χ1) is 9.32. The molecule has 0 aromatic rings. The Morgan fingerprint density at radius 1 is 1.05 bits per heavy atom. The summed E-state index contributed by atoms with van der Waals surface area (Å²) in [7, 11) is 0. The summed E-state index contributed by atoms with van der Waals surface area (Å²) in [4.78, 5) is 0. The second-order valence-electron chi connectivity index (χ2n) is 6.18. The predicted octanol–water partition coefficient (Wildman–Crippen LogP) is 6.33. The maximum Gasteiger partial charge on any atom is -0.147 e. The van der Waals surface area contributed by atoms with Crippen molar-refractivity contribution in [2.75, 3.05) is 0 Å². The molecule has 0 aliphatic heterocycles. The zero-order valence-corrected chi connectivity index (χ0v) is 17.0. The van der Waals surface area contributed by atoms with Gasteiger partial charge in [-0.3, -0.25) is 0 Å². The minimum atomic E-state index is -0.427. The third kappa shape index (κ3) is 4.46. The largest absolute Gasteiger partial charge is 0.147 e. The van der Waals surface area contributed by atoms with E-state index in [1.807, 2.05) is 3.28 Å². The van der Waals surface area contributed by atoms with Gasteiger partial charge in [-0.2, -0.15) is 0 Å². The van der Waals surface area contributed by atoms with Gasteiger partial charge in [0, 0.05) is 0 Å². The van der Waals surface area contributed by atoms with Crippen LogP contribution in [-0.4, -0.2) is 0 Å². The second kappa shape index (κ2) is 8.90. The van der Waals surface area contributed by atoms with Crippen LogP contribution in [0.15, 0.2) is 42.5 Å². The quantitative estimate of drug-likeness (QED) is 0.513. The fraction of sp³-hybridized carbons (Fsp3) is 0.556. The molecule has 3 heteroatoms. The van der Waals surface area contributed by atoms with Gasteiger partial charge in [0.1, 0.15) is 0 Å². The van der Waals surface area contributed by atoms with Gasteiger partial charge in [-0.05, 0) is 0 Å². The fourth-order valence-corrected chi connectivity index (χ4v) is 6.86. The van der Waals surface area contributed by atoms with Gasteiger partial charge in [-0.15, -0.1) is 24.8 Å². The third-order valence-corrected chi connectivity index (χ3v) is 8.41. The molecule has 1 saturated carbocycles. The van der Waals surface area contributed by atoms with Crippen LogP contribution in [0.25, 0.3) is 0 Å². The molecule has 0 saturated heterocycles. The summed E-state index contributed by atoms with van der Waals surface area (Å²) in [5.41, 5.74) is 2.28. The summed E-state index contributed by atoms with van der Waals surface area (Å²) in [5.74, 6) is 0. The van der Waals surface area contributed by atoms with Gasteiger partial charge in [0.25, 0.3) is 0 Å². The molecular weight excluding hydrogens is 378 g/mol. The molecule has 0 unspecified atom stereocenters. The van der Waals surface area contributed by atoms with Crippen molar-refractivity contribution in [2.45, 2.75) is 58.3 Å². The molecule has 0 bridgehead atoms. The summed E-state index contributed by atoms with van der Waals surface area (Å²) in [6, 6.07) is 0. The molecule has 0 heterocycles. The van der Waals surface area contributed by atoms with Crippen LogP contribution in [0.2, 0.25) is 0 Å². The number of hydrogen-bond acceptors (Lipinski definition) is 0. The molecule has 0 nitrogen and oxygen atoms in total. The minimum absolute atomic E-state index is 0. The van der Waals surface area contributed by atoms with E-state index < -0.39 is 23.2 Å². The molecular formula is C18H26Cl2Zr.